The molecule has 0 atom stereocenters. The second-order valence-corrected chi connectivity index (χ2v) is 6.25. The van der Waals surface area contributed by atoms with Crippen molar-refractivity contribution < 1.29 is 17.6 Å². The molecule has 0 aliphatic heterocycles. The van der Waals surface area contributed by atoms with Gasteiger partial charge in [-0.1, -0.05) is 38.5 Å². The molecule has 1 rings (SSSR count). The van der Waals surface area contributed by atoms with Gasteiger partial charge in [0, 0.05) is 25.7 Å². The van der Waals surface area contributed by atoms with Crippen LogP contribution in [0.15, 0.2) is 0 Å². The molecule has 0 spiro atoms. The first-order chi connectivity index (χ1) is 9.41. The molecule has 4 heteroatoms. The monoisotopic (exact) mass is 296 g/mol. The Morgan fingerprint density at radius 3 is 0.850 bits per heavy atom. The SMILES string of the molecule is FC1(F)CCCCCCCCCCC(F)(F)CCCC1. The van der Waals surface area contributed by atoms with E-state index < -0.39 is 11.8 Å². The zero-order chi connectivity index (χ0) is 14.9. The summed E-state index contributed by atoms with van der Waals surface area (Å²) in [5.41, 5.74) is 0. The van der Waals surface area contributed by atoms with Crippen LogP contribution in [0, 0.1) is 0 Å². The quantitative estimate of drug-likeness (QED) is 0.435. The van der Waals surface area contributed by atoms with Crippen LogP contribution in [0.25, 0.3) is 0 Å². The molecule has 0 bridgehead atoms. The Morgan fingerprint density at radius 1 is 0.350 bits per heavy atom. The summed E-state index contributed by atoms with van der Waals surface area (Å²) in [6.45, 7) is 0. The highest BCUT2D eigenvalue weighted by Gasteiger charge is 2.30. The maximum Gasteiger partial charge on any atom is 0.248 e. The van der Waals surface area contributed by atoms with E-state index in [0.29, 0.717) is 12.8 Å². The van der Waals surface area contributed by atoms with Crippen molar-refractivity contribution in [2.24, 2.45) is 0 Å². The summed E-state index contributed by atoms with van der Waals surface area (Å²) in [4.78, 5) is 0. The van der Waals surface area contributed by atoms with Crippen molar-refractivity contribution in [3.63, 3.8) is 0 Å². The van der Waals surface area contributed by atoms with E-state index in [0.717, 1.165) is 38.5 Å². The maximum absolute atomic E-state index is 13.5. The molecule has 0 aromatic carbocycles. The lowest BCUT2D eigenvalue weighted by Crippen LogP contribution is -2.18. The van der Waals surface area contributed by atoms with Gasteiger partial charge in [0.2, 0.25) is 11.8 Å². The summed E-state index contributed by atoms with van der Waals surface area (Å²) in [5.74, 6) is -5.32. The molecule has 0 radical (unpaired) electrons. The topological polar surface area (TPSA) is 0 Å². The Labute approximate surface area is 120 Å². The van der Waals surface area contributed by atoms with Crippen molar-refractivity contribution in [1.82, 2.24) is 0 Å². The van der Waals surface area contributed by atoms with Crippen LogP contribution in [0.3, 0.4) is 0 Å². The van der Waals surface area contributed by atoms with Gasteiger partial charge in [0.05, 0.1) is 0 Å². The number of hydrogen-bond acceptors (Lipinski definition) is 0. The van der Waals surface area contributed by atoms with E-state index in [-0.39, 0.29) is 38.5 Å². The van der Waals surface area contributed by atoms with E-state index in [1.807, 2.05) is 0 Å². The van der Waals surface area contributed by atoms with Gasteiger partial charge in [0.1, 0.15) is 0 Å². The van der Waals surface area contributed by atoms with E-state index in [1.54, 1.807) is 0 Å². The molecule has 0 unspecified atom stereocenters. The molecule has 1 saturated carbocycles. The lowest BCUT2D eigenvalue weighted by Gasteiger charge is -2.19. The highest BCUT2D eigenvalue weighted by atomic mass is 19.3. The second kappa shape index (κ2) is 8.89. The minimum Gasteiger partial charge on any atom is -0.207 e. The normalized spacial score (nSPS) is 27.0. The van der Waals surface area contributed by atoms with Crippen molar-refractivity contribution in [3.8, 4) is 0 Å². The number of alkyl halides is 4. The molecule has 1 fully saturated rings. The van der Waals surface area contributed by atoms with Gasteiger partial charge < -0.3 is 0 Å². The lowest BCUT2D eigenvalue weighted by molar-refractivity contribution is -0.0346. The van der Waals surface area contributed by atoms with Crippen LogP contribution in [0.4, 0.5) is 17.6 Å². The first-order valence-electron chi connectivity index (χ1n) is 8.17. The first kappa shape index (κ1) is 17.8. The molecule has 0 N–H and O–H groups in total. The van der Waals surface area contributed by atoms with E-state index in [9.17, 15) is 17.6 Å². The zero-order valence-electron chi connectivity index (χ0n) is 12.4. The van der Waals surface area contributed by atoms with E-state index >= 15 is 0 Å². The van der Waals surface area contributed by atoms with Crippen LogP contribution >= 0.6 is 0 Å². The van der Waals surface area contributed by atoms with Crippen LogP contribution in [0.2, 0.25) is 0 Å². The highest BCUT2D eigenvalue weighted by Crippen LogP contribution is 2.32. The summed E-state index contributed by atoms with van der Waals surface area (Å²) in [6.07, 6.45) is 6.72. The van der Waals surface area contributed by atoms with Gasteiger partial charge in [0.15, 0.2) is 0 Å². The molecule has 120 valence electrons. The van der Waals surface area contributed by atoms with Gasteiger partial charge in [-0.25, -0.2) is 17.6 Å². The Hall–Kier alpha value is -0.280. The lowest BCUT2D eigenvalue weighted by atomic mass is 9.98. The molecule has 0 aromatic heterocycles. The summed E-state index contributed by atoms with van der Waals surface area (Å²) in [5, 5.41) is 0. The number of rotatable bonds is 0. The average molecular weight is 296 g/mol. The molecular weight excluding hydrogens is 268 g/mol. The molecule has 0 aromatic rings. The molecule has 0 heterocycles. The van der Waals surface area contributed by atoms with E-state index in [2.05, 4.69) is 0 Å². The second-order valence-electron chi connectivity index (χ2n) is 6.25. The fraction of sp³-hybridized carbons (Fsp3) is 1.00. The van der Waals surface area contributed by atoms with Gasteiger partial charge in [-0.3, -0.25) is 0 Å². The van der Waals surface area contributed by atoms with Crippen LogP contribution in [-0.4, -0.2) is 11.8 Å². The van der Waals surface area contributed by atoms with Crippen LogP contribution in [0.1, 0.15) is 89.9 Å². The Balaban J connectivity index is 2.37. The van der Waals surface area contributed by atoms with Gasteiger partial charge in [-0.15, -0.1) is 0 Å². The fourth-order valence-corrected chi connectivity index (χ4v) is 2.85. The fourth-order valence-electron chi connectivity index (χ4n) is 2.85. The predicted molar refractivity (Wildman–Crippen MR) is 74.5 cm³/mol. The largest absolute Gasteiger partial charge is 0.248 e. The van der Waals surface area contributed by atoms with Gasteiger partial charge in [-0.05, 0) is 25.7 Å². The molecule has 1 aliphatic rings. The summed E-state index contributed by atoms with van der Waals surface area (Å²) in [7, 11) is 0. The third-order valence-electron chi connectivity index (χ3n) is 4.17. The van der Waals surface area contributed by atoms with Crippen LogP contribution < -0.4 is 0 Å². The standard InChI is InChI=1S/C16H28F4/c17-15(18)11-7-5-3-1-2-4-6-8-12-16(19,20)14-10-9-13-15/h1-14H2. The van der Waals surface area contributed by atoms with E-state index in [4.69, 9.17) is 0 Å². The zero-order valence-corrected chi connectivity index (χ0v) is 12.4. The van der Waals surface area contributed by atoms with Crippen molar-refractivity contribution in [2.75, 3.05) is 0 Å². The minimum atomic E-state index is -2.66. The van der Waals surface area contributed by atoms with E-state index in [1.165, 1.54) is 0 Å². The van der Waals surface area contributed by atoms with Gasteiger partial charge in [0.25, 0.3) is 0 Å². The van der Waals surface area contributed by atoms with Crippen LogP contribution in [-0.2, 0) is 0 Å². The summed E-state index contributed by atoms with van der Waals surface area (Å²) in [6, 6.07) is 0. The Bertz CT molecular complexity index is 225. The summed E-state index contributed by atoms with van der Waals surface area (Å²) < 4.78 is 54.1. The number of hydrogen-bond donors (Lipinski definition) is 0. The first-order valence-corrected chi connectivity index (χ1v) is 8.17. The molecule has 20 heavy (non-hydrogen) atoms. The smallest absolute Gasteiger partial charge is 0.207 e. The van der Waals surface area contributed by atoms with Crippen molar-refractivity contribution in [3.05, 3.63) is 0 Å². The molecule has 0 nitrogen and oxygen atoms in total. The maximum atomic E-state index is 13.5. The van der Waals surface area contributed by atoms with Crippen LogP contribution in [0.5, 0.6) is 0 Å². The molecule has 1 aliphatic carbocycles. The molecular formula is C16H28F4. The minimum absolute atomic E-state index is 0.0800. The molecule has 0 saturated heterocycles. The van der Waals surface area contributed by atoms with Gasteiger partial charge >= 0.3 is 0 Å². The number of halogens is 4. The third kappa shape index (κ3) is 8.80. The van der Waals surface area contributed by atoms with Crippen molar-refractivity contribution in [2.45, 2.75) is 102 Å². The van der Waals surface area contributed by atoms with Gasteiger partial charge in [-0.2, -0.15) is 0 Å². The Kier molecular flexibility index (Phi) is 7.90. The Morgan fingerprint density at radius 2 is 0.550 bits per heavy atom. The third-order valence-corrected chi connectivity index (χ3v) is 4.17. The average Bonchev–Trinajstić information content (AvgIpc) is 2.36. The highest BCUT2D eigenvalue weighted by molar-refractivity contribution is 4.70. The molecule has 0 amide bonds. The van der Waals surface area contributed by atoms with Crippen molar-refractivity contribution in [1.29, 1.82) is 0 Å². The predicted octanol–water partition coefficient (Wildman–Crippen LogP) is 6.73. The van der Waals surface area contributed by atoms with Crippen molar-refractivity contribution >= 4 is 0 Å². The summed E-state index contributed by atoms with van der Waals surface area (Å²) >= 11 is 0.